The summed E-state index contributed by atoms with van der Waals surface area (Å²) in [4.78, 5) is 0. The van der Waals surface area contributed by atoms with Crippen LogP contribution in [0.25, 0.3) is 0 Å². The van der Waals surface area contributed by atoms with Crippen molar-refractivity contribution in [2.45, 2.75) is 25.6 Å². The number of rotatable bonds is 0. The summed E-state index contributed by atoms with van der Waals surface area (Å²) in [6.07, 6.45) is 6.79. The van der Waals surface area contributed by atoms with E-state index in [2.05, 4.69) is 32.1 Å². The molecule has 1 aliphatic heterocycles. The molecule has 1 saturated heterocycles. The number of ether oxygens (including phenoxy) is 1. The summed E-state index contributed by atoms with van der Waals surface area (Å²) < 4.78 is 5.37. The standard InChI is InChI=1S/C8H10O/c1-6-3-4-8(2)7(5-6)9-8/h3-5,7H,1-2H3/t7?,8-/m1/s1. The smallest absolute Gasteiger partial charge is 0.114 e. The van der Waals surface area contributed by atoms with Gasteiger partial charge in [0, 0.05) is 0 Å². The van der Waals surface area contributed by atoms with Crippen molar-refractivity contribution in [2.75, 3.05) is 0 Å². The second-order valence-electron chi connectivity index (χ2n) is 2.97. The van der Waals surface area contributed by atoms with Gasteiger partial charge in [-0.2, -0.15) is 0 Å². The molecule has 48 valence electrons. The average molecular weight is 122 g/mol. The van der Waals surface area contributed by atoms with Crippen molar-refractivity contribution in [3.8, 4) is 0 Å². The highest BCUT2D eigenvalue weighted by Gasteiger charge is 2.49. The monoisotopic (exact) mass is 122 g/mol. The maximum atomic E-state index is 5.37. The molecule has 9 heavy (non-hydrogen) atoms. The molecular formula is C8H10O. The third-order valence-electron chi connectivity index (χ3n) is 1.98. The molecule has 1 unspecified atom stereocenters. The first kappa shape index (κ1) is 5.24. The fraction of sp³-hybridized carbons (Fsp3) is 0.500. The van der Waals surface area contributed by atoms with Crippen molar-refractivity contribution < 1.29 is 4.74 Å². The molecule has 1 fully saturated rings. The minimum absolute atomic E-state index is 0.0690. The molecule has 2 atom stereocenters. The van der Waals surface area contributed by atoms with Gasteiger partial charge in [-0.05, 0) is 26.0 Å². The van der Waals surface area contributed by atoms with Crippen molar-refractivity contribution in [3.63, 3.8) is 0 Å². The topological polar surface area (TPSA) is 12.5 Å². The van der Waals surface area contributed by atoms with E-state index in [1.165, 1.54) is 5.57 Å². The van der Waals surface area contributed by atoms with E-state index in [1.807, 2.05) is 0 Å². The lowest BCUT2D eigenvalue weighted by atomic mass is 9.99. The Morgan fingerprint density at radius 2 is 2.44 bits per heavy atom. The van der Waals surface area contributed by atoms with Crippen LogP contribution < -0.4 is 0 Å². The summed E-state index contributed by atoms with van der Waals surface area (Å²) in [5, 5.41) is 0. The van der Waals surface area contributed by atoms with Crippen molar-refractivity contribution in [2.24, 2.45) is 0 Å². The lowest BCUT2D eigenvalue weighted by Crippen LogP contribution is -2.06. The van der Waals surface area contributed by atoms with Crippen LogP contribution in [0.15, 0.2) is 23.8 Å². The van der Waals surface area contributed by atoms with E-state index in [4.69, 9.17) is 4.74 Å². The first-order valence-electron chi connectivity index (χ1n) is 3.26. The fourth-order valence-electron chi connectivity index (χ4n) is 1.16. The van der Waals surface area contributed by atoms with Gasteiger partial charge in [-0.15, -0.1) is 0 Å². The van der Waals surface area contributed by atoms with Gasteiger partial charge in [0.2, 0.25) is 0 Å². The van der Waals surface area contributed by atoms with Crippen LogP contribution in [0.5, 0.6) is 0 Å². The van der Waals surface area contributed by atoms with E-state index < -0.39 is 0 Å². The Bertz CT molecular complexity index is 203. The molecule has 0 N–H and O–H groups in total. The number of epoxide rings is 1. The molecule has 2 rings (SSSR count). The summed E-state index contributed by atoms with van der Waals surface area (Å²) in [6.45, 7) is 4.20. The first-order valence-corrected chi connectivity index (χ1v) is 3.26. The predicted molar refractivity (Wildman–Crippen MR) is 36.2 cm³/mol. The third-order valence-corrected chi connectivity index (χ3v) is 1.98. The van der Waals surface area contributed by atoms with Crippen LogP contribution in [0.1, 0.15) is 13.8 Å². The second kappa shape index (κ2) is 1.29. The lowest BCUT2D eigenvalue weighted by molar-refractivity contribution is 0.357. The van der Waals surface area contributed by atoms with Crippen molar-refractivity contribution in [1.29, 1.82) is 0 Å². The van der Waals surface area contributed by atoms with Crippen molar-refractivity contribution in [1.82, 2.24) is 0 Å². The quantitative estimate of drug-likeness (QED) is 0.445. The molecule has 0 amide bonds. The van der Waals surface area contributed by atoms with Crippen LogP contribution in [0.2, 0.25) is 0 Å². The summed E-state index contributed by atoms with van der Waals surface area (Å²) in [6, 6.07) is 0. The Labute approximate surface area is 55.0 Å². The van der Waals surface area contributed by atoms with Gasteiger partial charge in [0.05, 0.1) is 0 Å². The molecule has 1 heteroatoms. The molecule has 1 nitrogen and oxygen atoms in total. The molecule has 0 spiro atoms. The Kier molecular flexibility index (Phi) is 0.754. The van der Waals surface area contributed by atoms with Crippen LogP contribution in [-0.4, -0.2) is 11.7 Å². The van der Waals surface area contributed by atoms with Gasteiger partial charge in [0.1, 0.15) is 11.7 Å². The summed E-state index contributed by atoms with van der Waals surface area (Å²) in [5.74, 6) is 0. The van der Waals surface area contributed by atoms with Gasteiger partial charge in [0.15, 0.2) is 0 Å². The molecular weight excluding hydrogens is 112 g/mol. The van der Waals surface area contributed by atoms with Gasteiger partial charge < -0.3 is 4.74 Å². The molecule has 2 aliphatic rings. The maximum absolute atomic E-state index is 5.37. The highest BCUT2D eigenvalue weighted by atomic mass is 16.6. The molecule has 0 radical (unpaired) electrons. The van der Waals surface area contributed by atoms with E-state index >= 15 is 0 Å². The zero-order valence-electron chi connectivity index (χ0n) is 5.72. The second-order valence-corrected chi connectivity index (χ2v) is 2.97. The summed E-state index contributed by atoms with van der Waals surface area (Å²) >= 11 is 0. The van der Waals surface area contributed by atoms with E-state index in [9.17, 15) is 0 Å². The number of allylic oxidation sites excluding steroid dienone is 2. The largest absolute Gasteiger partial charge is 0.357 e. The molecule has 0 aromatic rings. The average Bonchev–Trinajstić information content (AvgIpc) is 2.41. The van der Waals surface area contributed by atoms with Crippen LogP contribution in [-0.2, 0) is 4.74 Å². The van der Waals surface area contributed by atoms with E-state index in [0.717, 1.165) is 0 Å². The molecule has 1 heterocycles. The van der Waals surface area contributed by atoms with E-state index in [1.54, 1.807) is 0 Å². The predicted octanol–water partition coefficient (Wildman–Crippen LogP) is 1.66. The normalized spacial score (nSPS) is 46.0. The molecule has 0 aromatic carbocycles. The Balaban J connectivity index is 2.31. The van der Waals surface area contributed by atoms with Crippen molar-refractivity contribution >= 4 is 0 Å². The first-order chi connectivity index (χ1) is 4.21. The number of hydrogen-bond acceptors (Lipinski definition) is 1. The zero-order valence-corrected chi connectivity index (χ0v) is 5.72. The zero-order chi connectivity index (χ0) is 6.48. The molecule has 1 aliphatic carbocycles. The summed E-state index contributed by atoms with van der Waals surface area (Å²) in [5.41, 5.74) is 1.38. The van der Waals surface area contributed by atoms with Gasteiger partial charge in [-0.1, -0.05) is 11.6 Å². The molecule has 0 bridgehead atoms. The van der Waals surface area contributed by atoms with Gasteiger partial charge in [-0.25, -0.2) is 0 Å². The number of fused-ring (bicyclic) bond motifs is 1. The number of hydrogen-bond donors (Lipinski definition) is 0. The Hall–Kier alpha value is -0.560. The van der Waals surface area contributed by atoms with Gasteiger partial charge in [0.25, 0.3) is 0 Å². The fourth-order valence-corrected chi connectivity index (χ4v) is 1.16. The highest BCUT2D eigenvalue weighted by molar-refractivity contribution is 5.35. The van der Waals surface area contributed by atoms with Gasteiger partial charge in [-0.3, -0.25) is 0 Å². The van der Waals surface area contributed by atoms with Crippen molar-refractivity contribution in [3.05, 3.63) is 23.8 Å². The van der Waals surface area contributed by atoms with Crippen LogP contribution >= 0.6 is 0 Å². The summed E-state index contributed by atoms with van der Waals surface area (Å²) in [7, 11) is 0. The Morgan fingerprint density at radius 3 is 3.00 bits per heavy atom. The van der Waals surface area contributed by atoms with Crippen LogP contribution in [0, 0.1) is 0 Å². The van der Waals surface area contributed by atoms with Crippen LogP contribution in [0.3, 0.4) is 0 Å². The van der Waals surface area contributed by atoms with E-state index in [-0.39, 0.29) is 5.60 Å². The van der Waals surface area contributed by atoms with E-state index in [0.29, 0.717) is 6.10 Å². The maximum Gasteiger partial charge on any atom is 0.114 e. The molecule has 0 aromatic heterocycles. The molecule has 0 saturated carbocycles. The lowest BCUT2D eigenvalue weighted by Gasteiger charge is -2.01. The minimum Gasteiger partial charge on any atom is -0.357 e. The Morgan fingerprint density at radius 1 is 1.67 bits per heavy atom. The minimum atomic E-state index is 0.0690. The van der Waals surface area contributed by atoms with Gasteiger partial charge >= 0.3 is 0 Å². The third kappa shape index (κ3) is 0.648. The highest BCUT2D eigenvalue weighted by Crippen LogP contribution is 2.41. The SMILES string of the molecule is CC1=CC2O[C@]2(C)C=C1. The van der Waals surface area contributed by atoms with Crippen LogP contribution in [0.4, 0.5) is 0 Å².